The highest BCUT2D eigenvalue weighted by Crippen LogP contribution is 2.49. The third-order valence-electron chi connectivity index (χ3n) is 3.92. The molecule has 1 amide bonds. The van der Waals surface area contributed by atoms with Crippen LogP contribution in [0.5, 0.6) is 0 Å². The van der Waals surface area contributed by atoms with Crippen molar-refractivity contribution < 1.29 is 4.79 Å². The van der Waals surface area contributed by atoms with E-state index in [4.69, 9.17) is 0 Å². The van der Waals surface area contributed by atoms with Gasteiger partial charge in [-0.1, -0.05) is 18.6 Å². The minimum Gasteiger partial charge on any atom is -0.352 e. The summed E-state index contributed by atoms with van der Waals surface area (Å²) in [6.45, 7) is 6.36. The molecule has 0 heterocycles. The Morgan fingerprint density at radius 2 is 2.20 bits per heavy atom. The summed E-state index contributed by atoms with van der Waals surface area (Å²) in [7, 11) is 0. The maximum atomic E-state index is 11.6. The Hall–Kier alpha value is -0.790. The van der Waals surface area contributed by atoms with Crippen molar-refractivity contribution in [2.24, 2.45) is 17.8 Å². The van der Waals surface area contributed by atoms with Crippen molar-refractivity contribution >= 4 is 5.91 Å². The van der Waals surface area contributed by atoms with E-state index in [0.717, 1.165) is 23.8 Å². The van der Waals surface area contributed by atoms with Crippen molar-refractivity contribution in [1.82, 2.24) is 5.32 Å². The van der Waals surface area contributed by atoms with Crippen LogP contribution in [0.25, 0.3) is 0 Å². The molecule has 0 saturated heterocycles. The van der Waals surface area contributed by atoms with Crippen LogP contribution in [0, 0.1) is 17.8 Å². The summed E-state index contributed by atoms with van der Waals surface area (Å²) in [5, 5.41) is 2.93. The van der Waals surface area contributed by atoms with E-state index in [1.54, 1.807) is 0 Å². The van der Waals surface area contributed by atoms with Gasteiger partial charge in [-0.05, 0) is 43.9 Å². The molecule has 2 bridgehead atoms. The lowest BCUT2D eigenvalue weighted by Crippen LogP contribution is -2.28. The first-order valence-electron chi connectivity index (χ1n) is 6.06. The van der Waals surface area contributed by atoms with Crippen molar-refractivity contribution in [2.45, 2.75) is 39.0 Å². The SMILES string of the molecule is C=C(C)CNC(=O)CC1CC2CCC1C2. The standard InChI is InChI=1S/C13H21NO/c1-9(2)8-14-13(15)7-12-6-10-3-4-11(12)5-10/h10-12H,1,3-8H2,2H3,(H,14,15). The Morgan fingerprint density at radius 1 is 1.40 bits per heavy atom. The van der Waals surface area contributed by atoms with E-state index in [9.17, 15) is 4.79 Å². The van der Waals surface area contributed by atoms with Gasteiger partial charge in [0.1, 0.15) is 0 Å². The molecule has 0 radical (unpaired) electrons. The van der Waals surface area contributed by atoms with Crippen LogP contribution in [0.1, 0.15) is 39.0 Å². The van der Waals surface area contributed by atoms with Gasteiger partial charge in [0, 0.05) is 13.0 Å². The smallest absolute Gasteiger partial charge is 0.220 e. The summed E-state index contributed by atoms with van der Waals surface area (Å²) in [4.78, 5) is 11.6. The first-order valence-corrected chi connectivity index (χ1v) is 6.06. The van der Waals surface area contributed by atoms with E-state index in [1.807, 2.05) is 6.92 Å². The molecule has 0 aromatic carbocycles. The Balaban J connectivity index is 1.73. The van der Waals surface area contributed by atoms with Crippen LogP contribution in [0.4, 0.5) is 0 Å². The van der Waals surface area contributed by atoms with E-state index in [0.29, 0.717) is 12.5 Å². The highest BCUT2D eigenvalue weighted by atomic mass is 16.1. The van der Waals surface area contributed by atoms with Gasteiger partial charge < -0.3 is 5.32 Å². The molecule has 0 aliphatic heterocycles. The van der Waals surface area contributed by atoms with Gasteiger partial charge in [0.05, 0.1) is 0 Å². The summed E-state index contributed by atoms with van der Waals surface area (Å²) < 4.78 is 0. The third-order valence-corrected chi connectivity index (χ3v) is 3.92. The molecule has 0 aromatic heterocycles. The zero-order valence-corrected chi connectivity index (χ0v) is 9.59. The fourth-order valence-corrected chi connectivity index (χ4v) is 3.19. The molecule has 1 N–H and O–H groups in total. The highest BCUT2D eigenvalue weighted by molar-refractivity contribution is 5.76. The molecule has 0 spiro atoms. The van der Waals surface area contributed by atoms with Crippen molar-refractivity contribution in [3.8, 4) is 0 Å². The first kappa shape index (κ1) is 10.7. The van der Waals surface area contributed by atoms with Crippen LogP contribution >= 0.6 is 0 Å². The van der Waals surface area contributed by atoms with Gasteiger partial charge in [0.25, 0.3) is 0 Å². The van der Waals surface area contributed by atoms with Crippen molar-refractivity contribution in [3.05, 3.63) is 12.2 Å². The molecular weight excluding hydrogens is 186 g/mol. The lowest BCUT2D eigenvalue weighted by Gasteiger charge is -2.20. The minimum absolute atomic E-state index is 0.218. The highest BCUT2D eigenvalue weighted by Gasteiger charge is 2.39. The molecule has 3 unspecified atom stereocenters. The van der Waals surface area contributed by atoms with E-state index in [-0.39, 0.29) is 5.91 Å². The number of carbonyl (C=O) groups excluding carboxylic acids is 1. The molecule has 3 atom stereocenters. The largest absolute Gasteiger partial charge is 0.352 e. The first-order chi connectivity index (χ1) is 7.15. The third kappa shape index (κ3) is 2.61. The predicted molar refractivity (Wildman–Crippen MR) is 61.4 cm³/mol. The molecule has 15 heavy (non-hydrogen) atoms. The molecule has 2 heteroatoms. The van der Waals surface area contributed by atoms with Crippen molar-refractivity contribution in [1.29, 1.82) is 0 Å². The summed E-state index contributed by atoms with van der Waals surface area (Å²) in [6.07, 6.45) is 6.20. The Labute approximate surface area is 92.1 Å². The van der Waals surface area contributed by atoms with Gasteiger partial charge >= 0.3 is 0 Å². The summed E-state index contributed by atoms with van der Waals surface area (Å²) in [6, 6.07) is 0. The van der Waals surface area contributed by atoms with Gasteiger partial charge in [-0.25, -0.2) is 0 Å². The van der Waals surface area contributed by atoms with E-state index in [2.05, 4.69) is 11.9 Å². The molecular formula is C13H21NO. The number of hydrogen-bond donors (Lipinski definition) is 1. The second-order valence-electron chi connectivity index (χ2n) is 5.37. The zero-order chi connectivity index (χ0) is 10.8. The number of amides is 1. The maximum absolute atomic E-state index is 11.6. The monoisotopic (exact) mass is 207 g/mol. The van der Waals surface area contributed by atoms with Crippen LogP contribution < -0.4 is 5.32 Å². The second-order valence-corrected chi connectivity index (χ2v) is 5.37. The molecule has 2 aliphatic carbocycles. The number of fused-ring (bicyclic) bond motifs is 2. The summed E-state index contributed by atoms with van der Waals surface area (Å²) in [5.74, 6) is 2.68. The average Bonchev–Trinajstić information content (AvgIpc) is 2.76. The van der Waals surface area contributed by atoms with Crippen molar-refractivity contribution in [3.63, 3.8) is 0 Å². The van der Waals surface area contributed by atoms with E-state index >= 15 is 0 Å². The summed E-state index contributed by atoms with van der Waals surface area (Å²) >= 11 is 0. The topological polar surface area (TPSA) is 29.1 Å². The average molecular weight is 207 g/mol. The molecule has 0 aromatic rings. The Kier molecular flexibility index (Phi) is 3.13. The molecule has 2 saturated carbocycles. The Bertz CT molecular complexity index is 272. The van der Waals surface area contributed by atoms with Gasteiger partial charge in [0.2, 0.25) is 5.91 Å². The van der Waals surface area contributed by atoms with Gasteiger partial charge in [-0.2, -0.15) is 0 Å². The normalized spacial score (nSPS) is 33.0. The molecule has 2 aliphatic rings. The van der Waals surface area contributed by atoms with E-state index in [1.165, 1.54) is 25.7 Å². The summed E-state index contributed by atoms with van der Waals surface area (Å²) in [5.41, 5.74) is 1.02. The number of hydrogen-bond acceptors (Lipinski definition) is 1. The molecule has 2 nitrogen and oxygen atoms in total. The molecule has 84 valence electrons. The van der Waals surface area contributed by atoms with Crippen molar-refractivity contribution in [2.75, 3.05) is 6.54 Å². The molecule has 2 rings (SSSR count). The number of nitrogens with one attached hydrogen (secondary N) is 1. The predicted octanol–water partition coefficient (Wildman–Crippen LogP) is 2.51. The van der Waals surface area contributed by atoms with Crippen LogP contribution in [-0.4, -0.2) is 12.5 Å². The Morgan fingerprint density at radius 3 is 2.73 bits per heavy atom. The van der Waals surface area contributed by atoms with Gasteiger partial charge in [-0.15, -0.1) is 0 Å². The van der Waals surface area contributed by atoms with Crippen LogP contribution in [-0.2, 0) is 4.79 Å². The van der Waals surface area contributed by atoms with Crippen LogP contribution in [0.2, 0.25) is 0 Å². The van der Waals surface area contributed by atoms with Crippen LogP contribution in [0.15, 0.2) is 12.2 Å². The lowest BCUT2D eigenvalue weighted by atomic mass is 9.86. The molecule has 2 fully saturated rings. The minimum atomic E-state index is 0.218. The van der Waals surface area contributed by atoms with Gasteiger partial charge in [-0.3, -0.25) is 4.79 Å². The quantitative estimate of drug-likeness (QED) is 0.705. The zero-order valence-electron chi connectivity index (χ0n) is 9.59. The fourth-order valence-electron chi connectivity index (χ4n) is 3.19. The second kappa shape index (κ2) is 4.38. The lowest BCUT2D eigenvalue weighted by molar-refractivity contribution is -0.122. The van der Waals surface area contributed by atoms with E-state index < -0.39 is 0 Å². The fraction of sp³-hybridized carbons (Fsp3) is 0.769. The maximum Gasteiger partial charge on any atom is 0.220 e. The number of carbonyl (C=O) groups is 1. The van der Waals surface area contributed by atoms with Gasteiger partial charge in [0.15, 0.2) is 0 Å². The number of rotatable bonds is 4. The van der Waals surface area contributed by atoms with Crippen LogP contribution in [0.3, 0.4) is 0 Å².